The van der Waals surface area contributed by atoms with Crippen LogP contribution in [0.25, 0.3) is 109 Å². The summed E-state index contributed by atoms with van der Waals surface area (Å²) in [5, 5.41) is 17.5. The van der Waals surface area contributed by atoms with E-state index in [1.54, 1.807) is 0 Å². The van der Waals surface area contributed by atoms with Crippen LogP contribution in [0.1, 0.15) is 0 Å². The zero-order chi connectivity index (χ0) is 39.3. The molecule has 0 atom stereocenters. The van der Waals surface area contributed by atoms with E-state index in [1.807, 2.05) is 12.1 Å². The Morgan fingerprint density at radius 1 is 0.267 bits per heavy atom. The Kier molecular flexibility index (Phi) is 7.05. The van der Waals surface area contributed by atoms with Crippen molar-refractivity contribution in [2.24, 2.45) is 0 Å². The second kappa shape index (κ2) is 12.8. The van der Waals surface area contributed by atoms with E-state index in [1.165, 1.54) is 75.8 Å². The minimum absolute atomic E-state index is 0.902. The van der Waals surface area contributed by atoms with Crippen molar-refractivity contribution < 1.29 is 4.42 Å². The highest BCUT2D eigenvalue weighted by molar-refractivity contribution is 6.37. The van der Waals surface area contributed by atoms with Gasteiger partial charge in [0.1, 0.15) is 11.2 Å². The molecule has 0 aliphatic rings. The van der Waals surface area contributed by atoms with Crippen LogP contribution in [0.15, 0.2) is 217 Å². The lowest BCUT2D eigenvalue weighted by atomic mass is 9.87. The van der Waals surface area contributed by atoms with Crippen LogP contribution >= 0.6 is 0 Å². The second-order valence-electron chi connectivity index (χ2n) is 16.0. The molecular weight excluding hydrogens is 727 g/mol. The molecule has 60 heavy (non-hydrogen) atoms. The second-order valence-corrected chi connectivity index (χ2v) is 16.0. The lowest BCUT2D eigenvalue weighted by molar-refractivity contribution is 0.669. The van der Waals surface area contributed by atoms with Gasteiger partial charge in [-0.1, -0.05) is 164 Å². The molecule has 0 aliphatic carbocycles. The molecule has 0 saturated heterocycles. The summed E-state index contributed by atoms with van der Waals surface area (Å²) in [4.78, 5) is 2.42. The van der Waals surface area contributed by atoms with Gasteiger partial charge in [0.2, 0.25) is 0 Å². The van der Waals surface area contributed by atoms with Crippen molar-refractivity contribution in [3.05, 3.63) is 212 Å². The van der Waals surface area contributed by atoms with E-state index in [2.05, 4.69) is 205 Å². The van der Waals surface area contributed by atoms with Gasteiger partial charge in [-0.2, -0.15) is 0 Å². The third-order valence-corrected chi connectivity index (χ3v) is 12.7. The number of anilines is 3. The van der Waals surface area contributed by atoms with E-state index in [4.69, 9.17) is 4.42 Å². The first kappa shape index (κ1) is 33.1. The van der Waals surface area contributed by atoms with E-state index in [0.717, 1.165) is 50.1 Å². The van der Waals surface area contributed by atoms with Gasteiger partial charge in [-0.25, -0.2) is 0 Å². The monoisotopic (exact) mass is 761 g/mol. The maximum Gasteiger partial charge on any atom is 0.136 e. The van der Waals surface area contributed by atoms with Crippen molar-refractivity contribution in [3.63, 3.8) is 0 Å². The summed E-state index contributed by atoms with van der Waals surface area (Å²) >= 11 is 0. The number of fused-ring (bicyclic) bond motifs is 5. The fourth-order valence-corrected chi connectivity index (χ4v) is 10.1. The molecule has 12 aromatic carbocycles. The molecule has 0 spiro atoms. The largest absolute Gasteiger partial charge is 0.456 e. The molecule has 2 heteroatoms. The van der Waals surface area contributed by atoms with Crippen molar-refractivity contribution in [1.82, 2.24) is 0 Å². The molecular formula is C58H35NO. The van der Waals surface area contributed by atoms with E-state index in [9.17, 15) is 0 Å². The van der Waals surface area contributed by atoms with Gasteiger partial charge in [-0.05, 0) is 135 Å². The number of nitrogens with zero attached hydrogens (tertiary/aromatic N) is 1. The van der Waals surface area contributed by atoms with Crippen LogP contribution in [0.3, 0.4) is 0 Å². The van der Waals surface area contributed by atoms with Crippen LogP contribution in [0.5, 0.6) is 0 Å². The number of hydrogen-bond donors (Lipinski definition) is 0. The fourth-order valence-electron chi connectivity index (χ4n) is 10.1. The zero-order valence-electron chi connectivity index (χ0n) is 32.6. The molecule has 2 nitrogen and oxygen atoms in total. The van der Waals surface area contributed by atoms with Gasteiger partial charge in [0.25, 0.3) is 0 Å². The summed E-state index contributed by atoms with van der Waals surface area (Å²) in [5.41, 5.74) is 9.79. The normalized spacial score (nSPS) is 12.0. The molecule has 1 aromatic heterocycles. The predicted molar refractivity (Wildman–Crippen MR) is 255 cm³/mol. The van der Waals surface area contributed by atoms with Crippen molar-refractivity contribution in [2.45, 2.75) is 0 Å². The fraction of sp³-hybridized carbons (Fsp3) is 0. The summed E-state index contributed by atoms with van der Waals surface area (Å²) in [7, 11) is 0. The van der Waals surface area contributed by atoms with Gasteiger partial charge < -0.3 is 9.32 Å². The molecule has 0 radical (unpaired) electrons. The molecule has 278 valence electrons. The smallest absolute Gasteiger partial charge is 0.136 e. The topological polar surface area (TPSA) is 16.4 Å². The Hall–Kier alpha value is -7.94. The lowest BCUT2D eigenvalue weighted by Gasteiger charge is -2.27. The van der Waals surface area contributed by atoms with Gasteiger partial charge in [-0.15, -0.1) is 0 Å². The molecule has 0 unspecified atom stereocenters. The van der Waals surface area contributed by atoms with Crippen LogP contribution in [-0.2, 0) is 0 Å². The quantitative estimate of drug-likeness (QED) is 0.162. The highest BCUT2D eigenvalue weighted by Crippen LogP contribution is 2.47. The van der Waals surface area contributed by atoms with Crippen molar-refractivity contribution >= 4 is 104 Å². The van der Waals surface area contributed by atoms with E-state index < -0.39 is 0 Å². The van der Waals surface area contributed by atoms with Crippen LogP contribution in [-0.4, -0.2) is 0 Å². The average molecular weight is 762 g/mol. The first-order valence-corrected chi connectivity index (χ1v) is 20.7. The lowest BCUT2D eigenvalue weighted by Crippen LogP contribution is -2.10. The minimum Gasteiger partial charge on any atom is -0.456 e. The van der Waals surface area contributed by atoms with Gasteiger partial charge >= 0.3 is 0 Å². The van der Waals surface area contributed by atoms with E-state index >= 15 is 0 Å². The molecule has 0 aliphatic heterocycles. The Balaban J connectivity index is 1.09. The summed E-state index contributed by atoms with van der Waals surface area (Å²) in [6.07, 6.45) is 0. The highest BCUT2D eigenvalue weighted by Gasteiger charge is 2.20. The first-order valence-electron chi connectivity index (χ1n) is 20.7. The maximum absolute atomic E-state index is 6.29. The molecule has 13 aromatic rings. The average Bonchev–Trinajstić information content (AvgIpc) is 3.70. The van der Waals surface area contributed by atoms with Crippen LogP contribution in [0, 0.1) is 0 Å². The number of rotatable bonds is 5. The Morgan fingerprint density at radius 3 is 1.40 bits per heavy atom. The van der Waals surface area contributed by atoms with Gasteiger partial charge in [0.05, 0.1) is 0 Å². The summed E-state index contributed by atoms with van der Waals surface area (Å²) < 4.78 is 6.29. The maximum atomic E-state index is 6.29. The van der Waals surface area contributed by atoms with Gasteiger partial charge in [-0.3, -0.25) is 0 Å². The standard InChI is InChI=1S/C58H35NO/c1-2-10-36(11-3-1)37-26-30-43(31-27-37)59(44-32-28-38(29-33-44)46-16-9-21-53-58(46)50-15-4-5-20-52(50)60-53)45-34-42-25-24-41-13-7-18-48-47-17-6-12-39-22-23-40-14-8-19-49(56(40)54(39)47)51(35-45)57(42)55(41)48/h1-35H. The van der Waals surface area contributed by atoms with E-state index in [0.29, 0.717) is 0 Å². The third kappa shape index (κ3) is 4.88. The number of para-hydroxylation sites is 1. The van der Waals surface area contributed by atoms with Gasteiger partial charge in [0, 0.05) is 27.8 Å². The number of hydrogen-bond acceptors (Lipinski definition) is 2. The van der Waals surface area contributed by atoms with Gasteiger partial charge in [0.15, 0.2) is 0 Å². The first-order chi connectivity index (χ1) is 29.7. The van der Waals surface area contributed by atoms with Crippen molar-refractivity contribution in [2.75, 3.05) is 4.90 Å². The molecule has 13 rings (SSSR count). The number of furan rings is 1. The zero-order valence-corrected chi connectivity index (χ0v) is 32.6. The van der Waals surface area contributed by atoms with Crippen LogP contribution < -0.4 is 4.90 Å². The Morgan fingerprint density at radius 2 is 0.750 bits per heavy atom. The Labute approximate surface area is 346 Å². The molecule has 0 N–H and O–H groups in total. The summed E-state index contributed by atoms with van der Waals surface area (Å²) in [6.45, 7) is 0. The Bertz CT molecular complexity index is 3800. The van der Waals surface area contributed by atoms with Crippen LogP contribution in [0.2, 0.25) is 0 Å². The summed E-state index contributed by atoms with van der Waals surface area (Å²) in [6, 6.07) is 77.8. The van der Waals surface area contributed by atoms with E-state index in [-0.39, 0.29) is 0 Å². The van der Waals surface area contributed by atoms with Crippen molar-refractivity contribution in [3.8, 4) is 22.3 Å². The molecule has 0 fully saturated rings. The highest BCUT2D eigenvalue weighted by atomic mass is 16.3. The molecule has 0 amide bonds. The van der Waals surface area contributed by atoms with Crippen molar-refractivity contribution in [1.29, 1.82) is 0 Å². The SMILES string of the molecule is c1ccc(-c2ccc(N(c3ccc(-c4cccc5oc6ccccc6c45)cc3)c3cc4ccc5cccc6c7cccc8ccc9cccc(c(c3)c4c56)c9c87)cc2)cc1. The minimum atomic E-state index is 0.902. The molecule has 0 bridgehead atoms. The molecule has 1 heterocycles. The van der Waals surface area contributed by atoms with Crippen LogP contribution in [0.4, 0.5) is 17.1 Å². The summed E-state index contributed by atoms with van der Waals surface area (Å²) in [5.74, 6) is 0. The number of benzene rings is 11. The molecule has 0 saturated carbocycles. The predicted octanol–water partition coefficient (Wildman–Crippen LogP) is 16.7. The third-order valence-electron chi connectivity index (χ3n) is 12.7.